The van der Waals surface area contributed by atoms with Crippen molar-refractivity contribution in [2.75, 3.05) is 6.54 Å². The molecular formula is C16H19N3O. The van der Waals surface area contributed by atoms with Crippen LogP contribution in [0.4, 0.5) is 0 Å². The number of hydrogen-bond donors (Lipinski definition) is 1. The molecule has 0 spiro atoms. The zero-order chi connectivity index (χ0) is 13.4. The van der Waals surface area contributed by atoms with Crippen LogP contribution in [0.25, 0.3) is 0 Å². The Morgan fingerprint density at radius 3 is 2.60 bits per heavy atom. The summed E-state index contributed by atoms with van der Waals surface area (Å²) in [7, 11) is 0. The topological polar surface area (TPSA) is 51.0 Å². The molecule has 1 aliphatic carbocycles. The van der Waals surface area contributed by atoms with Crippen molar-refractivity contribution < 1.29 is 4.52 Å². The number of piperidine rings is 1. The van der Waals surface area contributed by atoms with E-state index in [1.165, 1.54) is 24.0 Å². The van der Waals surface area contributed by atoms with Crippen molar-refractivity contribution in [3.05, 3.63) is 47.1 Å². The molecule has 104 valence electrons. The molecule has 1 fully saturated rings. The fourth-order valence-electron chi connectivity index (χ4n) is 3.36. The van der Waals surface area contributed by atoms with Gasteiger partial charge in [-0.2, -0.15) is 4.98 Å². The standard InChI is InChI=1S/C16H19N3O/c1-2-6-12-10-13(9-11(12)5-1)16-18-15(19-20-16)14-7-3-4-8-17-14/h1-2,5-6,13-14,17H,3-4,7-10H2. The summed E-state index contributed by atoms with van der Waals surface area (Å²) in [5, 5.41) is 7.67. The molecule has 0 radical (unpaired) electrons. The molecule has 0 bridgehead atoms. The zero-order valence-electron chi connectivity index (χ0n) is 11.5. The average molecular weight is 269 g/mol. The minimum atomic E-state index is 0.282. The van der Waals surface area contributed by atoms with Crippen molar-refractivity contribution in [3.8, 4) is 0 Å². The van der Waals surface area contributed by atoms with E-state index in [0.717, 1.165) is 37.5 Å². The Labute approximate surface area is 118 Å². The van der Waals surface area contributed by atoms with Gasteiger partial charge in [-0.05, 0) is 43.4 Å². The Morgan fingerprint density at radius 2 is 1.90 bits per heavy atom. The lowest BCUT2D eigenvalue weighted by atomic mass is 10.0. The minimum absolute atomic E-state index is 0.282. The van der Waals surface area contributed by atoms with Gasteiger partial charge in [0.15, 0.2) is 5.82 Å². The summed E-state index contributed by atoms with van der Waals surface area (Å²) >= 11 is 0. The molecule has 1 N–H and O–H groups in total. The third-order valence-electron chi connectivity index (χ3n) is 4.48. The maximum Gasteiger partial charge on any atom is 0.230 e. The lowest BCUT2D eigenvalue weighted by molar-refractivity contribution is 0.336. The van der Waals surface area contributed by atoms with Crippen molar-refractivity contribution in [3.63, 3.8) is 0 Å². The van der Waals surface area contributed by atoms with E-state index in [0.29, 0.717) is 5.92 Å². The van der Waals surface area contributed by atoms with E-state index in [9.17, 15) is 0 Å². The SMILES string of the molecule is c1ccc2c(c1)CC(c1nc(C3CCCCN3)no1)C2. The summed E-state index contributed by atoms with van der Waals surface area (Å²) in [4.78, 5) is 4.66. The number of nitrogens with zero attached hydrogens (tertiary/aromatic N) is 2. The summed E-state index contributed by atoms with van der Waals surface area (Å²) < 4.78 is 5.53. The first-order chi connectivity index (χ1) is 9.90. The number of nitrogens with one attached hydrogen (secondary N) is 1. The summed E-state index contributed by atoms with van der Waals surface area (Å²) in [5.74, 6) is 2.01. The van der Waals surface area contributed by atoms with Crippen LogP contribution in [0.15, 0.2) is 28.8 Å². The highest BCUT2D eigenvalue weighted by molar-refractivity contribution is 5.34. The van der Waals surface area contributed by atoms with Crippen LogP contribution in [0, 0.1) is 0 Å². The van der Waals surface area contributed by atoms with E-state index in [-0.39, 0.29) is 6.04 Å². The van der Waals surface area contributed by atoms with Crippen molar-refractivity contribution >= 4 is 0 Å². The van der Waals surface area contributed by atoms with E-state index >= 15 is 0 Å². The molecule has 1 unspecified atom stereocenters. The Kier molecular flexibility index (Phi) is 3.03. The number of fused-ring (bicyclic) bond motifs is 1. The molecule has 1 aromatic carbocycles. The number of benzene rings is 1. The zero-order valence-corrected chi connectivity index (χ0v) is 11.5. The van der Waals surface area contributed by atoms with Gasteiger partial charge in [0.2, 0.25) is 5.89 Å². The van der Waals surface area contributed by atoms with Gasteiger partial charge in [0, 0.05) is 5.92 Å². The number of rotatable bonds is 2. The highest BCUT2D eigenvalue weighted by atomic mass is 16.5. The fraction of sp³-hybridized carbons (Fsp3) is 0.500. The first kappa shape index (κ1) is 12.1. The summed E-state index contributed by atoms with van der Waals surface area (Å²) in [6.07, 6.45) is 5.66. The van der Waals surface area contributed by atoms with Crippen LogP contribution in [0.1, 0.15) is 54.1 Å². The number of hydrogen-bond acceptors (Lipinski definition) is 4. The second-order valence-corrected chi connectivity index (χ2v) is 5.87. The molecular weight excluding hydrogens is 250 g/mol. The molecule has 4 nitrogen and oxygen atoms in total. The summed E-state index contributed by atoms with van der Waals surface area (Å²) in [5.41, 5.74) is 2.85. The molecule has 2 aliphatic rings. The third kappa shape index (κ3) is 2.14. The first-order valence-electron chi connectivity index (χ1n) is 7.54. The quantitative estimate of drug-likeness (QED) is 0.910. The van der Waals surface area contributed by atoms with Crippen molar-refractivity contribution in [1.29, 1.82) is 0 Å². The average Bonchev–Trinajstić information content (AvgIpc) is 3.14. The molecule has 1 saturated heterocycles. The molecule has 0 amide bonds. The predicted molar refractivity (Wildman–Crippen MR) is 75.5 cm³/mol. The minimum Gasteiger partial charge on any atom is -0.339 e. The van der Waals surface area contributed by atoms with Gasteiger partial charge < -0.3 is 9.84 Å². The van der Waals surface area contributed by atoms with Crippen molar-refractivity contribution in [1.82, 2.24) is 15.5 Å². The molecule has 1 aromatic heterocycles. The van der Waals surface area contributed by atoms with Crippen LogP contribution in [0.2, 0.25) is 0 Å². The van der Waals surface area contributed by atoms with E-state index in [1.54, 1.807) is 0 Å². The van der Waals surface area contributed by atoms with Gasteiger partial charge in [-0.3, -0.25) is 0 Å². The lowest BCUT2D eigenvalue weighted by Crippen LogP contribution is -2.27. The molecule has 2 heterocycles. The van der Waals surface area contributed by atoms with Gasteiger partial charge in [-0.25, -0.2) is 0 Å². The van der Waals surface area contributed by atoms with Crippen LogP contribution >= 0.6 is 0 Å². The summed E-state index contributed by atoms with van der Waals surface area (Å²) in [6, 6.07) is 8.90. The second kappa shape index (κ2) is 5.02. The van der Waals surface area contributed by atoms with Crippen molar-refractivity contribution in [2.24, 2.45) is 0 Å². The normalized spacial score (nSPS) is 22.9. The maximum atomic E-state index is 5.53. The molecule has 20 heavy (non-hydrogen) atoms. The van der Waals surface area contributed by atoms with E-state index < -0.39 is 0 Å². The van der Waals surface area contributed by atoms with E-state index in [2.05, 4.69) is 39.7 Å². The third-order valence-corrected chi connectivity index (χ3v) is 4.48. The van der Waals surface area contributed by atoms with Gasteiger partial charge in [0.25, 0.3) is 0 Å². The lowest BCUT2D eigenvalue weighted by Gasteiger charge is -2.19. The van der Waals surface area contributed by atoms with E-state index in [4.69, 9.17) is 4.52 Å². The van der Waals surface area contributed by atoms with Crippen LogP contribution < -0.4 is 5.32 Å². The smallest absolute Gasteiger partial charge is 0.230 e. The van der Waals surface area contributed by atoms with Crippen molar-refractivity contribution in [2.45, 2.75) is 44.1 Å². The maximum absolute atomic E-state index is 5.53. The Morgan fingerprint density at radius 1 is 1.10 bits per heavy atom. The van der Waals surface area contributed by atoms with Crippen LogP contribution in [-0.4, -0.2) is 16.7 Å². The van der Waals surface area contributed by atoms with Gasteiger partial charge in [0.1, 0.15) is 0 Å². The van der Waals surface area contributed by atoms with Crippen LogP contribution in [-0.2, 0) is 12.8 Å². The first-order valence-corrected chi connectivity index (χ1v) is 7.54. The fourth-order valence-corrected chi connectivity index (χ4v) is 3.36. The second-order valence-electron chi connectivity index (χ2n) is 5.87. The largest absolute Gasteiger partial charge is 0.339 e. The van der Waals surface area contributed by atoms with Gasteiger partial charge in [0.05, 0.1) is 6.04 Å². The monoisotopic (exact) mass is 269 g/mol. The molecule has 4 heteroatoms. The van der Waals surface area contributed by atoms with Gasteiger partial charge >= 0.3 is 0 Å². The van der Waals surface area contributed by atoms with Crippen LogP contribution in [0.5, 0.6) is 0 Å². The molecule has 0 saturated carbocycles. The Balaban J connectivity index is 1.52. The van der Waals surface area contributed by atoms with Crippen LogP contribution in [0.3, 0.4) is 0 Å². The van der Waals surface area contributed by atoms with E-state index in [1.807, 2.05) is 0 Å². The number of aromatic nitrogens is 2. The Hall–Kier alpha value is -1.68. The predicted octanol–water partition coefficient (Wildman–Crippen LogP) is 2.77. The molecule has 4 rings (SSSR count). The summed E-state index contributed by atoms with van der Waals surface area (Å²) in [6.45, 7) is 1.06. The molecule has 1 atom stereocenters. The molecule has 1 aliphatic heterocycles. The van der Waals surface area contributed by atoms with Gasteiger partial charge in [-0.1, -0.05) is 35.8 Å². The highest BCUT2D eigenvalue weighted by Gasteiger charge is 2.28. The highest BCUT2D eigenvalue weighted by Crippen LogP contribution is 2.33. The van der Waals surface area contributed by atoms with Gasteiger partial charge in [-0.15, -0.1) is 0 Å². The Bertz CT molecular complexity index is 576. The molecule has 2 aromatic rings.